The summed E-state index contributed by atoms with van der Waals surface area (Å²) in [4.78, 5) is 5.34. The number of aromatic nitrogens is 3. The van der Waals surface area contributed by atoms with Crippen molar-refractivity contribution in [1.29, 1.82) is 0 Å². The topological polar surface area (TPSA) is 56.8 Å². The zero-order chi connectivity index (χ0) is 17.4. The van der Waals surface area contributed by atoms with Gasteiger partial charge in [-0.2, -0.15) is 18.3 Å². The number of hydrogen-bond acceptors (Lipinski definition) is 4. The Kier molecular flexibility index (Phi) is 3.60. The van der Waals surface area contributed by atoms with E-state index in [1.165, 1.54) is 4.90 Å². The Morgan fingerprint density at radius 1 is 1.16 bits per heavy atom. The normalized spacial score (nSPS) is 13.3. The third-order valence-electron chi connectivity index (χ3n) is 4.01. The van der Waals surface area contributed by atoms with Crippen molar-refractivity contribution in [2.45, 2.75) is 12.7 Å². The number of benzene rings is 1. The number of anilines is 3. The summed E-state index contributed by atoms with van der Waals surface area (Å²) in [5.41, 5.74) is 4.21. The molecule has 0 unspecified atom stereocenters. The highest BCUT2D eigenvalue weighted by Crippen LogP contribution is 2.40. The highest BCUT2D eigenvalue weighted by atomic mass is 19.4. The molecule has 2 aromatic heterocycles. The smallest absolute Gasteiger partial charge is 0.357 e. The van der Waals surface area contributed by atoms with Gasteiger partial charge in [-0.1, -0.05) is 0 Å². The first-order valence-corrected chi connectivity index (χ1v) is 7.65. The number of H-pyrrole nitrogens is 1. The molecule has 2 N–H and O–H groups in total. The third kappa shape index (κ3) is 3.15. The van der Waals surface area contributed by atoms with Crippen LogP contribution in [0.3, 0.4) is 0 Å². The van der Waals surface area contributed by atoms with E-state index < -0.39 is 12.7 Å². The van der Waals surface area contributed by atoms with Gasteiger partial charge in [-0.3, -0.25) is 10.1 Å². The van der Waals surface area contributed by atoms with Gasteiger partial charge in [-0.15, -0.1) is 0 Å². The predicted molar refractivity (Wildman–Crippen MR) is 88.6 cm³/mol. The molecule has 1 aromatic carbocycles. The van der Waals surface area contributed by atoms with E-state index in [0.717, 1.165) is 16.9 Å². The maximum Gasteiger partial charge on any atom is 0.405 e. The van der Waals surface area contributed by atoms with Crippen LogP contribution in [0.1, 0.15) is 5.56 Å². The number of rotatable bonds is 3. The molecule has 0 atom stereocenters. The molecule has 0 aliphatic carbocycles. The van der Waals surface area contributed by atoms with E-state index in [1.807, 2.05) is 12.1 Å². The molecule has 1 aliphatic heterocycles. The van der Waals surface area contributed by atoms with Crippen LogP contribution in [0.4, 0.5) is 30.2 Å². The van der Waals surface area contributed by atoms with E-state index in [-0.39, 0.29) is 6.54 Å². The predicted octanol–water partition coefficient (Wildman–Crippen LogP) is 4.10. The zero-order valence-corrected chi connectivity index (χ0v) is 13.0. The number of hydrogen-bond donors (Lipinski definition) is 2. The lowest BCUT2D eigenvalue weighted by atomic mass is 9.99. The molecule has 128 valence electrons. The first-order valence-electron chi connectivity index (χ1n) is 7.65. The van der Waals surface area contributed by atoms with Gasteiger partial charge in [0.25, 0.3) is 0 Å². The van der Waals surface area contributed by atoms with E-state index in [1.54, 1.807) is 36.8 Å². The average molecular weight is 345 g/mol. The summed E-state index contributed by atoms with van der Waals surface area (Å²) in [6, 6.07) is 8.97. The monoisotopic (exact) mass is 345 g/mol. The Morgan fingerprint density at radius 2 is 2.04 bits per heavy atom. The van der Waals surface area contributed by atoms with Crippen LogP contribution in [-0.4, -0.2) is 27.9 Å². The SMILES string of the molecule is FC(F)(F)CN1Cc2cn[nH]c2-c2ccc(Nc3cccnc3)cc21. The summed E-state index contributed by atoms with van der Waals surface area (Å²) < 4.78 is 39.0. The van der Waals surface area contributed by atoms with E-state index in [2.05, 4.69) is 20.5 Å². The van der Waals surface area contributed by atoms with Gasteiger partial charge in [0.15, 0.2) is 0 Å². The molecule has 4 rings (SSSR count). The quantitative estimate of drug-likeness (QED) is 0.750. The summed E-state index contributed by atoms with van der Waals surface area (Å²) in [5.74, 6) is 0. The van der Waals surface area contributed by atoms with Crippen LogP contribution in [0.5, 0.6) is 0 Å². The van der Waals surface area contributed by atoms with E-state index in [4.69, 9.17) is 0 Å². The summed E-state index contributed by atoms with van der Waals surface area (Å²) in [5, 5.41) is 10.0. The minimum atomic E-state index is -4.29. The molecule has 0 saturated heterocycles. The van der Waals surface area contributed by atoms with Crippen molar-refractivity contribution in [3.8, 4) is 11.3 Å². The Hall–Kier alpha value is -3.03. The lowest BCUT2D eigenvalue weighted by molar-refractivity contribution is -0.119. The lowest BCUT2D eigenvalue weighted by Gasteiger charge is -2.32. The van der Waals surface area contributed by atoms with Gasteiger partial charge in [0.05, 0.1) is 23.8 Å². The molecular formula is C17H14F3N5. The fraction of sp³-hybridized carbons (Fsp3) is 0.176. The van der Waals surface area contributed by atoms with Crippen LogP contribution in [0, 0.1) is 0 Å². The van der Waals surface area contributed by atoms with E-state index >= 15 is 0 Å². The molecule has 1 aliphatic rings. The van der Waals surface area contributed by atoms with Crippen LogP contribution in [-0.2, 0) is 6.54 Å². The number of halogens is 3. The second-order valence-corrected chi connectivity index (χ2v) is 5.84. The van der Waals surface area contributed by atoms with Gasteiger partial charge in [0.2, 0.25) is 0 Å². The fourth-order valence-corrected chi connectivity index (χ4v) is 3.00. The number of nitrogens with zero attached hydrogens (tertiary/aromatic N) is 3. The van der Waals surface area contributed by atoms with Crippen LogP contribution in [0.15, 0.2) is 48.9 Å². The minimum absolute atomic E-state index is 0.161. The summed E-state index contributed by atoms with van der Waals surface area (Å²) in [6.45, 7) is -0.852. The molecule has 8 heteroatoms. The maximum atomic E-state index is 13.0. The molecule has 0 radical (unpaired) electrons. The summed E-state index contributed by atoms with van der Waals surface area (Å²) in [7, 11) is 0. The molecule has 0 fully saturated rings. The second-order valence-electron chi connectivity index (χ2n) is 5.84. The Labute approximate surface area is 141 Å². The van der Waals surface area contributed by atoms with Crippen molar-refractivity contribution in [2.24, 2.45) is 0 Å². The van der Waals surface area contributed by atoms with Crippen LogP contribution in [0.25, 0.3) is 11.3 Å². The largest absolute Gasteiger partial charge is 0.405 e. The molecule has 25 heavy (non-hydrogen) atoms. The average Bonchev–Trinajstić information content (AvgIpc) is 3.03. The summed E-state index contributed by atoms with van der Waals surface area (Å²) in [6.07, 6.45) is 0.595. The standard InChI is InChI=1S/C17H14F3N5/c18-17(19,20)10-25-9-11-7-22-24-16(11)14-4-3-12(6-15(14)25)23-13-2-1-5-21-8-13/h1-8,23H,9-10H2,(H,22,24). The van der Waals surface area contributed by atoms with Crippen molar-refractivity contribution in [3.05, 3.63) is 54.5 Å². The number of pyridine rings is 1. The molecule has 0 spiro atoms. The Balaban J connectivity index is 1.73. The summed E-state index contributed by atoms with van der Waals surface area (Å²) >= 11 is 0. The van der Waals surface area contributed by atoms with Crippen LogP contribution < -0.4 is 10.2 Å². The van der Waals surface area contributed by atoms with Crippen LogP contribution >= 0.6 is 0 Å². The van der Waals surface area contributed by atoms with Gasteiger partial charge in [0.1, 0.15) is 6.54 Å². The first-order chi connectivity index (χ1) is 12.0. The van der Waals surface area contributed by atoms with E-state index in [0.29, 0.717) is 16.9 Å². The third-order valence-corrected chi connectivity index (χ3v) is 4.01. The molecule has 0 amide bonds. The van der Waals surface area contributed by atoms with Gasteiger partial charge >= 0.3 is 6.18 Å². The molecular weight excluding hydrogens is 331 g/mol. The Bertz CT molecular complexity index is 889. The van der Waals surface area contributed by atoms with Crippen LogP contribution in [0.2, 0.25) is 0 Å². The first kappa shape index (κ1) is 15.5. The molecule has 0 saturated carbocycles. The van der Waals surface area contributed by atoms with Crippen molar-refractivity contribution in [1.82, 2.24) is 15.2 Å². The fourth-order valence-electron chi connectivity index (χ4n) is 3.00. The maximum absolute atomic E-state index is 13.0. The van der Waals surface area contributed by atoms with Crippen molar-refractivity contribution < 1.29 is 13.2 Å². The molecule has 3 heterocycles. The van der Waals surface area contributed by atoms with E-state index in [9.17, 15) is 13.2 Å². The number of nitrogens with one attached hydrogen (secondary N) is 2. The van der Waals surface area contributed by atoms with Gasteiger partial charge < -0.3 is 10.2 Å². The molecule has 0 bridgehead atoms. The molecule has 5 nitrogen and oxygen atoms in total. The highest BCUT2D eigenvalue weighted by Gasteiger charge is 2.34. The highest BCUT2D eigenvalue weighted by molar-refractivity contribution is 5.84. The lowest BCUT2D eigenvalue weighted by Crippen LogP contribution is -2.35. The zero-order valence-electron chi connectivity index (χ0n) is 13.0. The molecule has 3 aromatic rings. The van der Waals surface area contributed by atoms with Crippen molar-refractivity contribution >= 4 is 17.1 Å². The number of aromatic amines is 1. The second kappa shape index (κ2) is 5.80. The van der Waals surface area contributed by atoms with Gasteiger partial charge in [-0.05, 0) is 30.3 Å². The number of alkyl halides is 3. The van der Waals surface area contributed by atoms with Crippen molar-refractivity contribution in [2.75, 3.05) is 16.8 Å². The minimum Gasteiger partial charge on any atom is -0.357 e. The van der Waals surface area contributed by atoms with Crippen molar-refractivity contribution in [3.63, 3.8) is 0 Å². The Morgan fingerprint density at radius 3 is 2.80 bits per heavy atom. The number of fused-ring (bicyclic) bond motifs is 3. The van der Waals surface area contributed by atoms with Gasteiger partial charge in [0, 0.05) is 35.2 Å². The van der Waals surface area contributed by atoms with Gasteiger partial charge in [-0.25, -0.2) is 0 Å².